The molecule has 1 aromatic heterocycles. The zero-order valence-electron chi connectivity index (χ0n) is 23.9. The zero-order chi connectivity index (χ0) is 29.2. The van der Waals surface area contributed by atoms with Crippen molar-refractivity contribution < 1.29 is 23.4 Å². The van der Waals surface area contributed by atoms with Crippen molar-refractivity contribution in [2.75, 3.05) is 31.2 Å². The van der Waals surface area contributed by atoms with E-state index >= 15 is 0 Å². The largest absolute Gasteiger partial charge is 0.491 e. The van der Waals surface area contributed by atoms with Crippen LogP contribution in [0, 0.1) is 17.7 Å². The fraction of sp³-hybridized carbons (Fsp3) is 0.567. The Kier molecular flexibility index (Phi) is 9.47. The Labute approximate surface area is 240 Å². The lowest BCUT2D eigenvalue weighted by atomic mass is 9.61. The van der Waals surface area contributed by atoms with Crippen molar-refractivity contribution in [1.82, 2.24) is 9.97 Å². The van der Waals surface area contributed by atoms with Gasteiger partial charge in [-0.25, -0.2) is 18.7 Å². The van der Waals surface area contributed by atoms with Gasteiger partial charge >= 0.3 is 0 Å². The second-order valence-corrected chi connectivity index (χ2v) is 11.8. The van der Waals surface area contributed by atoms with Gasteiger partial charge in [-0.1, -0.05) is 30.5 Å². The number of benzene rings is 1. The van der Waals surface area contributed by atoms with E-state index in [0.29, 0.717) is 40.0 Å². The number of nitrogens with zero attached hydrogens (tertiary/aromatic N) is 3. The van der Waals surface area contributed by atoms with Crippen LogP contribution < -0.4 is 9.64 Å². The van der Waals surface area contributed by atoms with E-state index in [-0.39, 0.29) is 18.1 Å². The first-order chi connectivity index (χ1) is 18.9. The summed E-state index contributed by atoms with van der Waals surface area (Å²) in [5, 5.41) is 19.0. The molecule has 1 aliphatic carbocycles. The molecule has 7 nitrogen and oxygen atoms in total. The number of allylic oxidation sites excluding steroid dienone is 2. The standard InChI is InChI=1S/C30H39ClF2N4O3/c1-6-7-20(38)13-39-21-8-9-24(31)23(10-21)28-35-27(26(17(2)3)19(5)34)18(4)29(36-28)37-15-30(16-37)11-22(12-30)40-14-25(32)33/h8-10,20,22,25,34,38H,6-7,11-16H2,1-5H3/t20-/m1/s1. The zero-order valence-corrected chi connectivity index (χ0v) is 24.6. The van der Waals surface area contributed by atoms with Crippen LogP contribution in [0.25, 0.3) is 17.0 Å². The van der Waals surface area contributed by atoms with Gasteiger partial charge in [0.2, 0.25) is 0 Å². The van der Waals surface area contributed by atoms with Gasteiger partial charge in [0.15, 0.2) is 5.82 Å². The second kappa shape index (κ2) is 12.5. The molecule has 0 bridgehead atoms. The van der Waals surface area contributed by atoms with Crippen LogP contribution in [-0.2, 0) is 4.74 Å². The van der Waals surface area contributed by atoms with Gasteiger partial charge < -0.3 is 24.9 Å². The van der Waals surface area contributed by atoms with Crippen LogP contribution in [-0.4, -0.2) is 65.7 Å². The van der Waals surface area contributed by atoms with Crippen molar-refractivity contribution in [1.29, 1.82) is 5.41 Å². The fourth-order valence-electron chi connectivity index (χ4n) is 5.74. The number of hydrogen-bond donors (Lipinski definition) is 2. The maximum absolute atomic E-state index is 12.5. The van der Waals surface area contributed by atoms with Gasteiger partial charge in [0, 0.05) is 40.9 Å². The number of ether oxygens (including phenoxy) is 2. The number of aromatic nitrogens is 2. The molecule has 40 heavy (non-hydrogen) atoms. The van der Waals surface area contributed by atoms with Crippen LogP contribution in [0.5, 0.6) is 5.75 Å². The lowest BCUT2D eigenvalue weighted by Crippen LogP contribution is -2.64. The lowest BCUT2D eigenvalue weighted by Gasteiger charge is -2.59. The van der Waals surface area contributed by atoms with Gasteiger partial charge in [-0.3, -0.25) is 0 Å². The molecule has 1 aliphatic heterocycles. The highest BCUT2D eigenvalue weighted by Crippen LogP contribution is 2.51. The third kappa shape index (κ3) is 6.64. The summed E-state index contributed by atoms with van der Waals surface area (Å²) in [5.74, 6) is 1.75. The summed E-state index contributed by atoms with van der Waals surface area (Å²) in [5.41, 5.74) is 4.34. The Morgan fingerprint density at radius 2 is 1.90 bits per heavy atom. The summed E-state index contributed by atoms with van der Waals surface area (Å²) < 4.78 is 36.2. The minimum absolute atomic E-state index is 0.0477. The molecule has 1 saturated carbocycles. The molecule has 2 fully saturated rings. The molecular formula is C30H39ClF2N4O3. The van der Waals surface area contributed by atoms with Crippen molar-refractivity contribution in [3.8, 4) is 17.1 Å². The highest BCUT2D eigenvalue weighted by Gasteiger charge is 2.53. The summed E-state index contributed by atoms with van der Waals surface area (Å²) >= 11 is 6.64. The maximum Gasteiger partial charge on any atom is 0.261 e. The Bertz CT molecular complexity index is 1270. The topological polar surface area (TPSA) is 91.6 Å². The fourth-order valence-corrected chi connectivity index (χ4v) is 5.95. The van der Waals surface area contributed by atoms with Gasteiger partial charge in [0.05, 0.1) is 22.9 Å². The minimum atomic E-state index is -2.45. The molecule has 0 amide bonds. The third-order valence-electron chi connectivity index (χ3n) is 7.61. The number of aliphatic hydroxyl groups is 1. The molecule has 4 rings (SSSR count). The molecule has 1 atom stereocenters. The number of alkyl halides is 2. The summed E-state index contributed by atoms with van der Waals surface area (Å²) in [7, 11) is 0. The Morgan fingerprint density at radius 1 is 1.20 bits per heavy atom. The first-order valence-corrected chi connectivity index (χ1v) is 14.2. The van der Waals surface area contributed by atoms with Crippen molar-refractivity contribution in [2.24, 2.45) is 5.41 Å². The minimum Gasteiger partial charge on any atom is -0.491 e. The molecule has 2 aliphatic rings. The average molecular weight is 577 g/mol. The number of rotatable bonds is 12. The Hall–Kier alpha value is -2.62. The molecule has 0 unspecified atom stereocenters. The molecular weight excluding hydrogens is 538 g/mol. The monoisotopic (exact) mass is 576 g/mol. The SMILES string of the molecule is CCC[C@@H](O)COc1ccc(Cl)c(-c2nc(C(C(C)=N)=C(C)C)c(C)c(N3CC4(CC(OCC(F)F)C4)C3)n2)c1. The summed E-state index contributed by atoms with van der Waals surface area (Å²) in [6, 6.07) is 5.27. The normalized spacial score (nSPS) is 17.0. The quantitative estimate of drug-likeness (QED) is 0.272. The van der Waals surface area contributed by atoms with E-state index in [1.54, 1.807) is 25.1 Å². The number of anilines is 1. The highest BCUT2D eigenvalue weighted by molar-refractivity contribution is 6.33. The number of hydrogen-bond acceptors (Lipinski definition) is 7. The Balaban J connectivity index is 1.66. The van der Waals surface area contributed by atoms with E-state index in [4.69, 9.17) is 36.5 Å². The van der Waals surface area contributed by atoms with Crippen molar-refractivity contribution in [2.45, 2.75) is 78.9 Å². The first kappa shape index (κ1) is 30.3. The maximum atomic E-state index is 12.5. The first-order valence-electron chi connectivity index (χ1n) is 13.8. The van der Waals surface area contributed by atoms with Crippen LogP contribution in [0.2, 0.25) is 5.02 Å². The average Bonchev–Trinajstić information content (AvgIpc) is 2.83. The van der Waals surface area contributed by atoms with Crippen LogP contribution in [0.15, 0.2) is 23.8 Å². The van der Waals surface area contributed by atoms with E-state index in [2.05, 4.69) is 4.90 Å². The second-order valence-electron chi connectivity index (χ2n) is 11.4. The molecule has 1 spiro atoms. The van der Waals surface area contributed by atoms with Gasteiger partial charge in [0.25, 0.3) is 6.43 Å². The summed E-state index contributed by atoms with van der Waals surface area (Å²) in [6.07, 6.45) is -0.0994. The molecule has 0 radical (unpaired) electrons. The molecule has 2 aromatic rings. The van der Waals surface area contributed by atoms with E-state index in [9.17, 15) is 13.9 Å². The molecule has 1 saturated heterocycles. The van der Waals surface area contributed by atoms with Crippen LogP contribution in [0.4, 0.5) is 14.6 Å². The van der Waals surface area contributed by atoms with Gasteiger partial charge in [-0.2, -0.15) is 0 Å². The van der Waals surface area contributed by atoms with E-state index < -0.39 is 19.1 Å². The third-order valence-corrected chi connectivity index (χ3v) is 7.94. The molecule has 218 valence electrons. The highest BCUT2D eigenvalue weighted by atomic mass is 35.5. The van der Waals surface area contributed by atoms with Gasteiger partial charge in [-0.05, 0) is 65.2 Å². The lowest BCUT2D eigenvalue weighted by molar-refractivity contribution is -0.117. The van der Waals surface area contributed by atoms with Gasteiger partial charge in [0.1, 0.15) is 24.8 Å². The smallest absolute Gasteiger partial charge is 0.261 e. The van der Waals surface area contributed by atoms with Crippen LogP contribution >= 0.6 is 11.6 Å². The van der Waals surface area contributed by atoms with Crippen molar-refractivity contribution in [3.05, 3.63) is 40.1 Å². The molecule has 2 N–H and O–H groups in total. The van der Waals surface area contributed by atoms with Crippen molar-refractivity contribution >= 4 is 28.7 Å². The molecule has 1 aromatic carbocycles. The summed E-state index contributed by atoms with van der Waals surface area (Å²) in [4.78, 5) is 12.1. The van der Waals surface area contributed by atoms with E-state index in [1.165, 1.54) is 0 Å². The van der Waals surface area contributed by atoms with Crippen molar-refractivity contribution in [3.63, 3.8) is 0 Å². The number of halogens is 3. The van der Waals surface area contributed by atoms with E-state index in [1.807, 2.05) is 27.7 Å². The predicted molar refractivity (Wildman–Crippen MR) is 155 cm³/mol. The predicted octanol–water partition coefficient (Wildman–Crippen LogP) is 6.73. The summed E-state index contributed by atoms with van der Waals surface area (Å²) in [6.45, 7) is 10.8. The van der Waals surface area contributed by atoms with Crippen LogP contribution in [0.1, 0.15) is 64.6 Å². The number of aliphatic hydroxyl groups excluding tert-OH is 1. The molecule has 2 heterocycles. The van der Waals surface area contributed by atoms with Gasteiger partial charge in [-0.15, -0.1) is 0 Å². The number of nitrogens with one attached hydrogen (secondary N) is 1. The van der Waals surface area contributed by atoms with Crippen LogP contribution in [0.3, 0.4) is 0 Å². The Morgan fingerprint density at radius 3 is 2.50 bits per heavy atom. The molecule has 10 heteroatoms. The van der Waals surface area contributed by atoms with E-state index in [0.717, 1.165) is 54.9 Å².